The monoisotopic (exact) mass is 336 g/mol. The highest BCUT2D eigenvalue weighted by Gasteiger charge is 2.52. The first-order chi connectivity index (χ1) is 10.5. The Labute approximate surface area is 138 Å². The van der Waals surface area contributed by atoms with Gasteiger partial charge in [0.15, 0.2) is 15.6 Å². The lowest BCUT2D eigenvalue weighted by atomic mass is 9.63. The molecule has 0 radical (unpaired) electrons. The summed E-state index contributed by atoms with van der Waals surface area (Å²) < 4.78 is 25.6. The second-order valence-electron chi connectivity index (χ2n) is 6.82. The van der Waals surface area contributed by atoms with Crippen molar-refractivity contribution < 1.29 is 18.3 Å². The fourth-order valence-electron chi connectivity index (χ4n) is 3.23. The highest BCUT2D eigenvalue weighted by Crippen LogP contribution is 2.47. The molecular weight excluding hydrogens is 312 g/mol. The lowest BCUT2D eigenvalue weighted by Gasteiger charge is -2.47. The molecule has 0 aromatic heterocycles. The molecule has 0 saturated carbocycles. The van der Waals surface area contributed by atoms with E-state index >= 15 is 0 Å². The summed E-state index contributed by atoms with van der Waals surface area (Å²) >= 11 is 0. The van der Waals surface area contributed by atoms with Crippen molar-refractivity contribution in [2.24, 2.45) is 5.41 Å². The van der Waals surface area contributed by atoms with Crippen LogP contribution in [0.3, 0.4) is 0 Å². The third kappa shape index (κ3) is 3.12. The average molecular weight is 336 g/mol. The molecule has 0 bridgehead atoms. The van der Waals surface area contributed by atoms with Crippen molar-refractivity contribution in [3.05, 3.63) is 41.5 Å². The predicted molar refractivity (Wildman–Crippen MR) is 90.0 cm³/mol. The van der Waals surface area contributed by atoms with Gasteiger partial charge in [-0.15, -0.1) is 0 Å². The van der Waals surface area contributed by atoms with Crippen LogP contribution >= 0.6 is 0 Å². The first-order valence-corrected chi connectivity index (χ1v) is 9.43. The number of aryl methyl sites for hydroxylation is 1. The summed E-state index contributed by atoms with van der Waals surface area (Å²) in [5.41, 5.74) is -0.936. The number of aliphatic hydroxyl groups is 1. The van der Waals surface area contributed by atoms with Crippen LogP contribution in [-0.2, 0) is 14.6 Å². The smallest absolute Gasteiger partial charge is 0.181 e. The molecule has 2 rings (SSSR count). The van der Waals surface area contributed by atoms with Crippen molar-refractivity contribution in [2.45, 2.75) is 51.0 Å². The van der Waals surface area contributed by atoms with Gasteiger partial charge in [-0.1, -0.05) is 31.5 Å². The van der Waals surface area contributed by atoms with Crippen molar-refractivity contribution in [1.82, 2.24) is 0 Å². The fourth-order valence-corrected chi connectivity index (χ4v) is 5.07. The molecule has 5 heteroatoms. The Morgan fingerprint density at radius 1 is 1.17 bits per heavy atom. The predicted octanol–water partition coefficient (Wildman–Crippen LogP) is 2.84. The van der Waals surface area contributed by atoms with E-state index < -0.39 is 26.6 Å². The summed E-state index contributed by atoms with van der Waals surface area (Å²) in [6.45, 7) is 7.18. The summed E-state index contributed by atoms with van der Waals surface area (Å²) in [4.78, 5) is 12.1. The molecule has 0 amide bonds. The Morgan fingerprint density at radius 2 is 1.74 bits per heavy atom. The Kier molecular flexibility index (Phi) is 4.57. The maximum atomic E-state index is 12.8. The van der Waals surface area contributed by atoms with Gasteiger partial charge in [0.25, 0.3) is 0 Å². The third-order valence-corrected chi connectivity index (χ3v) is 6.94. The summed E-state index contributed by atoms with van der Waals surface area (Å²) in [7, 11) is -3.67. The van der Waals surface area contributed by atoms with Crippen LogP contribution in [-0.4, -0.2) is 30.7 Å². The summed E-state index contributed by atoms with van der Waals surface area (Å²) in [5, 5.41) is 11.2. The average Bonchev–Trinajstić information content (AvgIpc) is 2.45. The number of rotatable bonds is 4. The van der Waals surface area contributed by atoms with Gasteiger partial charge in [-0.3, -0.25) is 4.79 Å². The molecule has 1 aliphatic rings. The number of hydrogen-bond acceptors (Lipinski definition) is 4. The Bertz CT molecular complexity index is 746. The molecule has 0 fully saturated rings. The van der Waals surface area contributed by atoms with Gasteiger partial charge in [-0.25, -0.2) is 8.42 Å². The normalized spacial score (nSPS) is 28.6. The first kappa shape index (κ1) is 17.9. The molecule has 0 spiro atoms. The van der Waals surface area contributed by atoms with Crippen molar-refractivity contribution >= 4 is 15.6 Å². The number of allylic oxidation sites excluding steroid dienone is 1. The largest absolute Gasteiger partial charge is 0.384 e. The first-order valence-electron chi connectivity index (χ1n) is 7.77. The topological polar surface area (TPSA) is 71.4 Å². The van der Waals surface area contributed by atoms with Crippen LogP contribution in [0.4, 0.5) is 0 Å². The second-order valence-corrected chi connectivity index (χ2v) is 8.81. The summed E-state index contributed by atoms with van der Waals surface area (Å²) in [6, 6.07) is 6.60. The van der Waals surface area contributed by atoms with Gasteiger partial charge < -0.3 is 5.11 Å². The molecule has 1 aromatic rings. The standard InChI is InChI=1S/C18H24O4S/c1-5-17(4)11-15(19)10-14(3)18(17,20)12-23(21,22)16-8-6-13(2)7-9-16/h6-10,20H,5,11-12H2,1-4H3/t17-,18+/m0/s1. The molecule has 4 nitrogen and oxygen atoms in total. The van der Waals surface area contributed by atoms with Gasteiger partial charge in [-0.05, 0) is 44.1 Å². The zero-order valence-electron chi connectivity index (χ0n) is 14.1. The minimum atomic E-state index is -3.67. The number of carbonyl (C=O) groups excluding carboxylic acids is 1. The van der Waals surface area contributed by atoms with Gasteiger partial charge in [0, 0.05) is 11.8 Å². The molecule has 0 saturated heterocycles. The van der Waals surface area contributed by atoms with Crippen LogP contribution in [0.5, 0.6) is 0 Å². The van der Waals surface area contributed by atoms with Crippen molar-refractivity contribution in [2.75, 3.05) is 5.75 Å². The van der Waals surface area contributed by atoms with E-state index in [0.717, 1.165) is 5.56 Å². The van der Waals surface area contributed by atoms with Gasteiger partial charge in [0.1, 0.15) is 5.60 Å². The maximum absolute atomic E-state index is 12.8. The van der Waals surface area contributed by atoms with Gasteiger partial charge in [0.05, 0.1) is 10.6 Å². The third-order valence-electron chi connectivity index (χ3n) is 5.15. The number of sulfone groups is 1. The van der Waals surface area contributed by atoms with Crippen molar-refractivity contribution in [3.63, 3.8) is 0 Å². The molecule has 126 valence electrons. The second kappa shape index (κ2) is 5.87. The van der Waals surface area contributed by atoms with E-state index in [4.69, 9.17) is 0 Å². The zero-order valence-corrected chi connectivity index (χ0v) is 14.9. The Morgan fingerprint density at radius 3 is 2.26 bits per heavy atom. The molecular formula is C18H24O4S. The van der Waals surface area contributed by atoms with E-state index in [1.54, 1.807) is 38.1 Å². The lowest BCUT2D eigenvalue weighted by molar-refractivity contribution is -0.124. The molecule has 1 N–H and O–H groups in total. The number of benzene rings is 1. The molecule has 1 aliphatic carbocycles. The van der Waals surface area contributed by atoms with Gasteiger partial charge in [-0.2, -0.15) is 0 Å². The Hall–Kier alpha value is -1.46. The van der Waals surface area contributed by atoms with Crippen LogP contribution in [0.2, 0.25) is 0 Å². The minimum Gasteiger partial charge on any atom is -0.384 e. The SMILES string of the molecule is CC[C@@]1(C)CC(=O)C=C(C)[C@]1(O)CS(=O)(=O)c1ccc(C)cc1. The highest BCUT2D eigenvalue weighted by atomic mass is 32.2. The van der Waals surface area contributed by atoms with E-state index in [1.165, 1.54) is 6.08 Å². The van der Waals surface area contributed by atoms with E-state index in [0.29, 0.717) is 12.0 Å². The highest BCUT2D eigenvalue weighted by molar-refractivity contribution is 7.91. The molecule has 23 heavy (non-hydrogen) atoms. The van der Waals surface area contributed by atoms with Crippen LogP contribution in [0, 0.1) is 12.3 Å². The lowest BCUT2D eigenvalue weighted by Crippen LogP contribution is -2.55. The molecule has 0 heterocycles. The Balaban J connectivity index is 2.48. The minimum absolute atomic E-state index is 0.0655. The van der Waals surface area contributed by atoms with Crippen LogP contribution < -0.4 is 0 Å². The fraction of sp³-hybridized carbons (Fsp3) is 0.500. The van der Waals surface area contributed by atoms with E-state index in [2.05, 4.69) is 0 Å². The number of carbonyl (C=O) groups is 1. The zero-order chi connectivity index (χ0) is 17.5. The van der Waals surface area contributed by atoms with Crippen LogP contribution in [0.15, 0.2) is 40.8 Å². The van der Waals surface area contributed by atoms with Crippen molar-refractivity contribution in [1.29, 1.82) is 0 Å². The number of hydrogen-bond donors (Lipinski definition) is 1. The van der Waals surface area contributed by atoms with E-state index in [1.807, 2.05) is 13.8 Å². The molecule has 0 unspecified atom stereocenters. The summed E-state index contributed by atoms with van der Waals surface area (Å²) in [6.07, 6.45) is 2.05. The van der Waals surface area contributed by atoms with E-state index in [-0.39, 0.29) is 17.1 Å². The molecule has 2 atom stereocenters. The molecule has 1 aromatic carbocycles. The van der Waals surface area contributed by atoms with Crippen LogP contribution in [0.1, 0.15) is 39.2 Å². The number of ketones is 1. The quantitative estimate of drug-likeness (QED) is 0.918. The molecule has 0 aliphatic heterocycles. The van der Waals surface area contributed by atoms with Crippen LogP contribution in [0.25, 0.3) is 0 Å². The van der Waals surface area contributed by atoms with E-state index in [9.17, 15) is 18.3 Å². The maximum Gasteiger partial charge on any atom is 0.181 e. The summed E-state index contributed by atoms with van der Waals surface area (Å²) in [5.74, 6) is -0.479. The van der Waals surface area contributed by atoms with Gasteiger partial charge >= 0.3 is 0 Å². The van der Waals surface area contributed by atoms with Crippen molar-refractivity contribution in [3.8, 4) is 0 Å². The van der Waals surface area contributed by atoms with Gasteiger partial charge in [0.2, 0.25) is 0 Å².